The molecule has 2 rings (SSSR count). The van der Waals surface area contributed by atoms with Gasteiger partial charge in [0, 0.05) is 11.9 Å². The molecule has 1 atom stereocenters. The van der Waals surface area contributed by atoms with Crippen LogP contribution >= 0.6 is 0 Å². The highest BCUT2D eigenvalue weighted by atomic mass is 16.3. The molecule has 1 aromatic carbocycles. The maximum Gasteiger partial charge on any atom is 0.119 e. The molecule has 1 unspecified atom stereocenters. The zero-order valence-electron chi connectivity index (χ0n) is 8.99. The molecule has 0 aliphatic rings. The van der Waals surface area contributed by atoms with E-state index in [9.17, 15) is 5.11 Å². The summed E-state index contributed by atoms with van der Waals surface area (Å²) in [5, 5.41) is 10.2. The number of aromatic nitrogens is 1. The first-order chi connectivity index (χ1) is 7.20. The van der Waals surface area contributed by atoms with Crippen LogP contribution in [0.3, 0.4) is 0 Å². The average molecular weight is 201 g/mol. The van der Waals surface area contributed by atoms with Gasteiger partial charge in [0.05, 0.1) is 0 Å². The molecule has 2 heteroatoms. The van der Waals surface area contributed by atoms with Crippen molar-refractivity contribution < 1.29 is 5.11 Å². The lowest BCUT2D eigenvalue weighted by molar-refractivity contribution is 0.214. The third-order valence-corrected chi connectivity index (χ3v) is 2.73. The van der Waals surface area contributed by atoms with Crippen LogP contribution in [0.2, 0.25) is 0 Å². The Labute approximate surface area is 89.6 Å². The summed E-state index contributed by atoms with van der Waals surface area (Å²) in [6, 6.07) is 9.85. The van der Waals surface area contributed by atoms with Gasteiger partial charge in [-0.05, 0) is 42.7 Å². The lowest BCUT2D eigenvalue weighted by atomic mass is 9.96. The van der Waals surface area contributed by atoms with E-state index in [1.165, 1.54) is 0 Å². The summed E-state index contributed by atoms with van der Waals surface area (Å²) in [7, 11) is 0. The van der Waals surface area contributed by atoms with E-state index in [1.807, 2.05) is 50.4 Å². The number of aliphatic hydroxyl groups excluding tert-OH is 1. The molecule has 0 amide bonds. The first-order valence-electron chi connectivity index (χ1n) is 5.07. The van der Waals surface area contributed by atoms with E-state index in [0.29, 0.717) is 0 Å². The Bertz CT molecular complexity index is 425. The molecule has 0 radical (unpaired) electrons. The Balaban J connectivity index is 2.46. The number of aliphatic hydroxyl groups is 1. The zero-order chi connectivity index (χ0) is 10.8. The third kappa shape index (κ3) is 1.81. The van der Waals surface area contributed by atoms with Crippen molar-refractivity contribution in [2.75, 3.05) is 0 Å². The first-order valence-corrected chi connectivity index (χ1v) is 5.07. The van der Waals surface area contributed by atoms with Gasteiger partial charge in [0.15, 0.2) is 0 Å². The van der Waals surface area contributed by atoms with Gasteiger partial charge in [0.1, 0.15) is 6.10 Å². The molecule has 78 valence electrons. The number of aryl methyl sites for hydroxylation is 2. The summed E-state index contributed by atoms with van der Waals surface area (Å²) >= 11 is 0. The van der Waals surface area contributed by atoms with E-state index < -0.39 is 6.10 Å². The first kappa shape index (κ1) is 9.99. The van der Waals surface area contributed by atoms with Gasteiger partial charge in [-0.3, -0.25) is 0 Å². The molecular formula is C13H15NO. The zero-order valence-corrected chi connectivity index (χ0v) is 8.99. The molecule has 0 saturated carbocycles. The Morgan fingerprint density at radius 3 is 2.27 bits per heavy atom. The number of rotatable bonds is 2. The Hall–Kier alpha value is -1.54. The van der Waals surface area contributed by atoms with Crippen LogP contribution in [0.4, 0.5) is 0 Å². The number of aromatic amines is 1. The standard InChI is InChI=1S/C13H15NO/c1-9-5-3-6-10(2)12(9)13(15)11-7-4-8-14-11/h3-8,13-15H,1-2H3. The molecule has 2 N–H and O–H groups in total. The van der Waals surface area contributed by atoms with E-state index in [4.69, 9.17) is 0 Å². The number of nitrogens with one attached hydrogen (secondary N) is 1. The Kier molecular flexibility index (Phi) is 2.60. The van der Waals surface area contributed by atoms with Crippen LogP contribution in [0.25, 0.3) is 0 Å². The SMILES string of the molecule is Cc1cccc(C)c1C(O)c1ccc[nH]1. The molecule has 2 nitrogen and oxygen atoms in total. The van der Waals surface area contributed by atoms with Crippen molar-refractivity contribution in [1.82, 2.24) is 4.98 Å². The third-order valence-electron chi connectivity index (χ3n) is 2.73. The van der Waals surface area contributed by atoms with E-state index in [2.05, 4.69) is 4.98 Å². The molecule has 1 heterocycles. The van der Waals surface area contributed by atoms with Gasteiger partial charge < -0.3 is 10.1 Å². The summed E-state index contributed by atoms with van der Waals surface area (Å²) in [4.78, 5) is 3.04. The van der Waals surface area contributed by atoms with Gasteiger partial charge in [-0.2, -0.15) is 0 Å². The van der Waals surface area contributed by atoms with Gasteiger partial charge in [-0.25, -0.2) is 0 Å². The molecule has 0 aliphatic carbocycles. The number of hydrogen-bond donors (Lipinski definition) is 2. The fraction of sp³-hybridized carbons (Fsp3) is 0.231. The van der Waals surface area contributed by atoms with E-state index in [1.54, 1.807) is 0 Å². The highest BCUT2D eigenvalue weighted by molar-refractivity contribution is 5.38. The van der Waals surface area contributed by atoms with E-state index >= 15 is 0 Å². The average Bonchev–Trinajstić information content (AvgIpc) is 2.69. The highest BCUT2D eigenvalue weighted by Gasteiger charge is 2.15. The van der Waals surface area contributed by atoms with E-state index in [-0.39, 0.29) is 0 Å². The fourth-order valence-corrected chi connectivity index (χ4v) is 1.93. The summed E-state index contributed by atoms with van der Waals surface area (Å²) in [5.41, 5.74) is 4.08. The smallest absolute Gasteiger partial charge is 0.119 e. The molecule has 15 heavy (non-hydrogen) atoms. The quantitative estimate of drug-likeness (QED) is 0.770. The molecule has 1 aromatic heterocycles. The van der Waals surface area contributed by atoms with Crippen molar-refractivity contribution in [1.29, 1.82) is 0 Å². The Morgan fingerprint density at radius 1 is 1.07 bits per heavy atom. The topological polar surface area (TPSA) is 36.0 Å². The van der Waals surface area contributed by atoms with Crippen LogP contribution < -0.4 is 0 Å². The predicted molar refractivity (Wildman–Crippen MR) is 60.8 cm³/mol. The van der Waals surface area contributed by atoms with Crippen molar-refractivity contribution in [2.45, 2.75) is 20.0 Å². The summed E-state index contributed by atoms with van der Waals surface area (Å²) in [5.74, 6) is 0. The van der Waals surface area contributed by atoms with Crippen LogP contribution in [0.15, 0.2) is 36.5 Å². The minimum Gasteiger partial charge on any atom is -0.382 e. The van der Waals surface area contributed by atoms with Gasteiger partial charge in [0.25, 0.3) is 0 Å². The normalized spacial score (nSPS) is 12.7. The number of hydrogen-bond acceptors (Lipinski definition) is 1. The number of benzene rings is 1. The molecule has 2 aromatic rings. The fourth-order valence-electron chi connectivity index (χ4n) is 1.93. The second kappa shape index (κ2) is 3.91. The van der Waals surface area contributed by atoms with Gasteiger partial charge in [-0.1, -0.05) is 18.2 Å². The molecule has 0 fully saturated rings. The van der Waals surface area contributed by atoms with Crippen LogP contribution in [0.1, 0.15) is 28.5 Å². The molecule has 0 saturated heterocycles. The molecule has 0 bridgehead atoms. The van der Waals surface area contributed by atoms with Gasteiger partial charge in [0.2, 0.25) is 0 Å². The summed E-state index contributed by atoms with van der Waals surface area (Å²) < 4.78 is 0. The maximum absolute atomic E-state index is 10.2. The second-order valence-corrected chi connectivity index (χ2v) is 3.83. The minimum atomic E-state index is -0.554. The van der Waals surface area contributed by atoms with Crippen molar-refractivity contribution in [3.8, 4) is 0 Å². The predicted octanol–water partition coefficient (Wildman–Crippen LogP) is 2.71. The second-order valence-electron chi connectivity index (χ2n) is 3.83. The summed E-state index contributed by atoms with van der Waals surface area (Å²) in [6.45, 7) is 4.04. The van der Waals surface area contributed by atoms with Crippen molar-refractivity contribution in [3.63, 3.8) is 0 Å². The summed E-state index contributed by atoms with van der Waals surface area (Å²) in [6.07, 6.45) is 1.27. The molecular weight excluding hydrogens is 186 g/mol. The van der Waals surface area contributed by atoms with Crippen molar-refractivity contribution >= 4 is 0 Å². The van der Waals surface area contributed by atoms with Crippen molar-refractivity contribution in [2.24, 2.45) is 0 Å². The van der Waals surface area contributed by atoms with Gasteiger partial charge in [-0.15, -0.1) is 0 Å². The van der Waals surface area contributed by atoms with Crippen LogP contribution in [0.5, 0.6) is 0 Å². The van der Waals surface area contributed by atoms with Crippen LogP contribution in [-0.2, 0) is 0 Å². The van der Waals surface area contributed by atoms with Crippen molar-refractivity contribution in [3.05, 3.63) is 58.9 Å². The minimum absolute atomic E-state index is 0.554. The van der Waals surface area contributed by atoms with E-state index in [0.717, 1.165) is 22.4 Å². The Morgan fingerprint density at radius 2 is 1.73 bits per heavy atom. The highest BCUT2D eigenvalue weighted by Crippen LogP contribution is 2.26. The number of H-pyrrole nitrogens is 1. The lowest BCUT2D eigenvalue weighted by Crippen LogP contribution is -2.04. The monoisotopic (exact) mass is 201 g/mol. The van der Waals surface area contributed by atoms with Crippen LogP contribution in [0, 0.1) is 13.8 Å². The lowest BCUT2D eigenvalue weighted by Gasteiger charge is -2.15. The maximum atomic E-state index is 10.2. The molecule has 0 aliphatic heterocycles. The largest absolute Gasteiger partial charge is 0.382 e. The molecule has 0 spiro atoms. The van der Waals surface area contributed by atoms with Gasteiger partial charge >= 0.3 is 0 Å². The van der Waals surface area contributed by atoms with Crippen LogP contribution in [-0.4, -0.2) is 10.1 Å².